The van der Waals surface area contributed by atoms with Gasteiger partial charge in [0.1, 0.15) is 0 Å². The van der Waals surface area contributed by atoms with Crippen LogP contribution in [0.2, 0.25) is 30.4 Å². The van der Waals surface area contributed by atoms with Gasteiger partial charge in [0.05, 0.1) is 0 Å². The second-order valence-electron chi connectivity index (χ2n) is 12.1. The minimum Gasteiger partial charge on any atom is -1.00 e. The molecule has 0 fully saturated rings. The molecule has 4 aliphatic carbocycles. The number of allylic oxidation sites excluding steroid dienone is 16. The van der Waals surface area contributed by atoms with E-state index in [2.05, 4.69) is 124 Å². The van der Waals surface area contributed by atoms with Gasteiger partial charge in [0, 0.05) is 0 Å². The molecule has 42 heavy (non-hydrogen) atoms. The van der Waals surface area contributed by atoms with Crippen LogP contribution in [0.1, 0.15) is 36.8 Å². The van der Waals surface area contributed by atoms with E-state index < -0.39 is 31.3 Å². The van der Waals surface area contributed by atoms with Crippen molar-refractivity contribution in [2.24, 2.45) is 0 Å². The van der Waals surface area contributed by atoms with Crippen LogP contribution < -0.4 is 24.8 Å². The third-order valence-electron chi connectivity index (χ3n) is 9.48. The summed E-state index contributed by atoms with van der Waals surface area (Å²) in [5.74, 6) is 0.519. The largest absolute Gasteiger partial charge is 1.00 e. The zero-order valence-electron chi connectivity index (χ0n) is 24.1. The average Bonchev–Trinajstić information content (AvgIpc) is 3.15. The van der Waals surface area contributed by atoms with Crippen molar-refractivity contribution in [1.29, 1.82) is 0 Å². The van der Waals surface area contributed by atoms with E-state index in [0.29, 0.717) is 7.25 Å². The zero-order chi connectivity index (χ0) is 27.8. The molecule has 4 unspecified atom stereocenters. The second-order valence-corrected chi connectivity index (χ2v) is 20.8. The minimum absolute atomic E-state index is 0. The fourth-order valence-corrected chi connectivity index (χ4v) is 18.3. The van der Waals surface area contributed by atoms with Crippen LogP contribution in [0.3, 0.4) is 0 Å². The summed E-state index contributed by atoms with van der Waals surface area (Å²) in [6.45, 7) is 10.2. The number of halogens is 4. The number of benzene rings is 2. The molecule has 1 aliphatic heterocycles. The Morgan fingerprint density at radius 1 is 0.595 bits per heavy atom. The first-order chi connectivity index (χ1) is 19.3. The van der Waals surface area contributed by atoms with Crippen LogP contribution >= 0.6 is 23.2 Å². The van der Waals surface area contributed by atoms with Crippen molar-refractivity contribution >= 4 is 31.3 Å². The van der Waals surface area contributed by atoms with Crippen molar-refractivity contribution in [2.75, 3.05) is 0 Å². The van der Waals surface area contributed by atoms with E-state index in [4.69, 9.17) is 23.2 Å². The number of rotatable bonds is 2. The summed E-state index contributed by atoms with van der Waals surface area (Å²) < 4.78 is 1.22. The maximum atomic E-state index is 6.34. The second kappa shape index (κ2) is 12.2. The summed E-state index contributed by atoms with van der Waals surface area (Å²) in [4.78, 5) is 0. The van der Waals surface area contributed by atoms with Gasteiger partial charge >= 0.3 is 263 Å². The predicted molar refractivity (Wildman–Crippen MR) is 169 cm³/mol. The van der Waals surface area contributed by atoms with Crippen molar-refractivity contribution in [2.45, 2.75) is 46.0 Å². The Kier molecular flexibility index (Phi) is 9.30. The SMILES string of the molecule is CC1=C2C3=C(C=CC=CC3c3ccc(Cl)cc3)[CH]1[Zr+2][CH]1C(C)=C(C3=C1C=CC=CC3c1ccc(Cl)cc1)[Si]2(C)C.[Cl-].[Cl-]. The van der Waals surface area contributed by atoms with E-state index in [1.807, 2.05) is 0 Å². The summed E-state index contributed by atoms with van der Waals surface area (Å²) in [6, 6.07) is 17.1. The van der Waals surface area contributed by atoms with Gasteiger partial charge in [0.25, 0.3) is 0 Å². The summed E-state index contributed by atoms with van der Waals surface area (Å²) in [5.41, 5.74) is 12.5. The van der Waals surface area contributed by atoms with Crippen molar-refractivity contribution in [3.8, 4) is 0 Å². The topological polar surface area (TPSA) is 0 Å². The maximum Gasteiger partial charge on any atom is -1.00 e. The van der Waals surface area contributed by atoms with Gasteiger partial charge in [-0.25, -0.2) is 0 Å². The molecular formula is C36H32Cl4SiZr. The van der Waals surface area contributed by atoms with Gasteiger partial charge in [0.15, 0.2) is 0 Å². The van der Waals surface area contributed by atoms with Gasteiger partial charge in [-0.2, -0.15) is 0 Å². The van der Waals surface area contributed by atoms with Crippen molar-refractivity contribution in [3.05, 3.63) is 162 Å². The van der Waals surface area contributed by atoms with Crippen LogP contribution in [0.25, 0.3) is 0 Å². The first-order valence-corrected chi connectivity index (χ1v) is 20.7. The van der Waals surface area contributed by atoms with Crippen molar-refractivity contribution in [3.63, 3.8) is 0 Å². The molecule has 2 aromatic carbocycles. The molecule has 4 bridgehead atoms. The summed E-state index contributed by atoms with van der Waals surface area (Å²) in [5, 5.41) is 5.01. The molecule has 0 saturated heterocycles. The van der Waals surface area contributed by atoms with E-state index >= 15 is 0 Å². The van der Waals surface area contributed by atoms with Crippen LogP contribution in [0.5, 0.6) is 0 Å². The molecule has 0 N–H and O–H groups in total. The summed E-state index contributed by atoms with van der Waals surface area (Å²) in [6.07, 6.45) is 18.9. The predicted octanol–water partition coefficient (Wildman–Crippen LogP) is 4.83. The maximum absolute atomic E-state index is 6.34. The van der Waals surface area contributed by atoms with Crippen LogP contribution in [0.15, 0.2) is 141 Å². The number of fused-ring (bicyclic) bond motifs is 6. The fourth-order valence-electron chi connectivity index (χ4n) is 7.96. The van der Waals surface area contributed by atoms with E-state index in [-0.39, 0.29) is 36.6 Å². The smallest absolute Gasteiger partial charge is 1.00 e. The molecule has 0 amide bonds. The standard InChI is InChI=1S/C36H32Cl2Si.2ClH.Zr/c1-23-21-27-9-5-7-11-31(25-13-17-29(37)18-14-25)33(27)35(23)39(3,4)36-24(2)22-28-10-6-8-12-32(34(28)36)26-15-19-30(38)20-16-26;;;/h5-22,31-32H,1-4H3;2*1H;/q;;;+2/p-2. The molecule has 6 heteroatoms. The third-order valence-corrected chi connectivity index (χ3v) is 19.1. The molecule has 7 rings (SSSR count). The molecule has 0 aromatic heterocycles. The quantitative estimate of drug-likeness (QED) is 0.390. The summed E-state index contributed by atoms with van der Waals surface area (Å²) >= 11 is 11.7. The monoisotopic (exact) mass is 722 g/mol. The average molecular weight is 726 g/mol. The normalized spacial score (nSPS) is 26.3. The van der Waals surface area contributed by atoms with E-state index in [1.54, 1.807) is 43.8 Å². The van der Waals surface area contributed by atoms with E-state index in [0.717, 1.165) is 10.0 Å². The Balaban J connectivity index is 0.00000176. The molecule has 5 aliphatic rings. The zero-order valence-corrected chi connectivity index (χ0v) is 30.5. The molecule has 0 saturated carbocycles. The fraction of sp³-hybridized carbons (Fsp3) is 0.222. The molecule has 212 valence electrons. The van der Waals surface area contributed by atoms with Crippen LogP contribution in [-0.4, -0.2) is 8.07 Å². The molecule has 1 heterocycles. The van der Waals surface area contributed by atoms with Crippen molar-refractivity contribution < 1.29 is 48.0 Å². The molecule has 0 radical (unpaired) electrons. The Morgan fingerprint density at radius 3 is 1.36 bits per heavy atom. The van der Waals surface area contributed by atoms with Crippen molar-refractivity contribution in [1.82, 2.24) is 0 Å². The Morgan fingerprint density at radius 2 is 0.976 bits per heavy atom. The van der Waals surface area contributed by atoms with E-state index in [9.17, 15) is 0 Å². The number of hydrogen-bond donors (Lipinski definition) is 0. The third kappa shape index (κ3) is 4.99. The van der Waals surface area contributed by atoms with Crippen LogP contribution in [0.4, 0.5) is 0 Å². The van der Waals surface area contributed by atoms with Gasteiger partial charge < -0.3 is 24.8 Å². The molecule has 4 atom stereocenters. The van der Waals surface area contributed by atoms with Gasteiger partial charge in [-0.15, -0.1) is 0 Å². The van der Waals surface area contributed by atoms with Gasteiger partial charge in [-0.1, -0.05) is 0 Å². The Hall–Kier alpha value is -1.38. The first-order valence-electron chi connectivity index (χ1n) is 14.2. The Bertz CT molecular complexity index is 1560. The molecule has 0 spiro atoms. The van der Waals surface area contributed by atoms with E-state index in [1.165, 1.54) is 11.1 Å². The van der Waals surface area contributed by atoms with Gasteiger partial charge in [0.2, 0.25) is 0 Å². The molecular weight excluding hydrogens is 694 g/mol. The van der Waals surface area contributed by atoms with Crippen LogP contribution in [0, 0.1) is 0 Å². The van der Waals surface area contributed by atoms with Crippen LogP contribution in [-0.2, 0) is 23.2 Å². The van der Waals surface area contributed by atoms with Gasteiger partial charge in [-0.3, -0.25) is 0 Å². The molecule has 0 nitrogen and oxygen atoms in total. The minimum atomic E-state index is -2.12. The molecule has 2 aromatic rings. The van der Waals surface area contributed by atoms with Gasteiger partial charge in [-0.05, 0) is 0 Å². The Labute approximate surface area is 285 Å². The first kappa shape index (κ1) is 32.0. The number of hydrogen-bond acceptors (Lipinski definition) is 0. The summed E-state index contributed by atoms with van der Waals surface area (Å²) in [7, 11) is -2.12.